The van der Waals surface area contributed by atoms with Crippen molar-refractivity contribution >= 4 is 39.5 Å². The molecule has 2 N–H and O–H groups in total. The lowest BCUT2D eigenvalue weighted by Crippen LogP contribution is -2.40. The Hall–Kier alpha value is -1.14. The van der Waals surface area contributed by atoms with Crippen LogP contribution in [-0.2, 0) is 0 Å². The topological polar surface area (TPSA) is 45.6 Å². The number of halogens is 1. The number of methoxy groups -OCH3 is 1. The van der Waals surface area contributed by atoms with Crippen LogP contribution in [0.25, 0.3) is 0 Å². The normalized spacial score (nSPS) is 15.9. The fraction of sp³-hybridized carbons (Fsp3) is 0.467. The number of ether oxygens (including phenoxy) is 1. The summed E-state index contributed by atoms with van der Waals surface area (Å²) in [6.45, 7) is 0. The van der Waals surface area contributed by atoms with E-state index >= 15 is 0 Å². The van der Waals surface area contributed by atoms with Gasteiger partial charge in [0.15, 0.2) is 5.11 Å². The highest BCUT2D eigenvalue weighted by molar-refractivity contribution is 9.10. The van der Waals surface area contributed by atoms with Gasteiger partial charge in [0.1, 0.15) is 5.75 Å². The van der Waals surface area contributed by atoms with Gasteiger partial charge in [-0.3, -0.25) is 5.43 Å². The summed E-state index contributed by atoms with van der Waals surface area (Å²) in [4.78, 5) is 0. The number of hydrogen-bond acceptors (Lipinski definition) is 3. The van der Waals surface area contributed by atoms with Crippen molar-refractivity contribution in [2.45, 2.75) is 38.1 Å². The van der Waals surface area contributed by atoms with Gasteiger partial charge in [-0.05, 0) is 43.3 Å². The molecule has 21 heavy (non-hydrogen) atoms. The summed E-state index contributed by atoms with van der Waals surface area (Å²) in [5, 5.41) is 8.06. The summed E-state index contributed by atoms with van der Waals surface area (Å²) < 4.78 is 6.27. The van der Waals surface area contributed by atoms with Gasteiger partial charge < -0.3 is 10.1 Å². The molecule has 0 bridgehead atoms. The van der Waals surface area contributed by atoms with E-state index in [4.69, 9.17) is 17.0 Å². The molecule has 0 amide bonds. The van der Waals surface area contributed by atoms with Crippen molar-refractivity contribution < 1.29 is 4.74 Å². The molecule has 6 heteroatoms. The summed E-state index contributed by atoms with van der Waals surface area (Å²) in [7, 11) is 1.64. The highest BCUT2D eigenvalue weighted by Crippen LogP contribution is 2.21. The summed E-state index contributed by atoms with van der Waals surface area (Å²) in [6.07, 6.45) is 7.96. The van der Waals surface area contributed by atoms with Gasteiger partial charge in [-0.2, -0.15) is 5.10 Å². The van der Waals surface area contributed by atoms with Gasteiger partial charge in [-0.25, -0.2) is 0 Å². The second kappa shape index (κ2) is 8.34. The van der Waals surface area contributed by atoms with Crippen LogP contribution in [0.3, 0.4) is 0 Å². The fourth-order valence-corrected chi connectivity index (χ4v) is 3.03. The molecule has 0 spiro atoms. The van der Waals surface area contributed by atoms with Crippen molar-refractivity contribution in [3.63, 3.8) is 0 Å². The van der Waals surface area contributed by atoms with E-state index in [-0.39, 0.29) is 0 Å². The highest BCUT2D eigenvalue weighted by Gasteiger charge is 2.13. The van der Waals surface area contributed by atoms with Crippen LogP contribution in [0.4, 0.5) is 0 Å². The van der Waals surface area contributed by atoms with E-state index in [1.807, 2.05) is 18.2 Å². The Morgan fingerprint density at radius 2 is 2.14 bits per heavy atom. The molecule has 0 aromatic heterocycles. The third kappa shape index (κ3) is 5.28. The lowest BCUT2D eigenvalue weighted by Gasteiger charge is -2.23. The van der Waals surface area contributed by atoms with Gasteiger partial charge in [0, 0.05) is 16.1 Å². The molecule has 1 saturated carbocycles. The number of hydrogen-bond donors (Lipinski definition) is 2. The first-order valence-electron chi connectivity index (χ1n) is 7.12. The van der Waals surface area contributed by atoms with Gasteiger partial charge in [-0.15, -0.1) is 0 Å². The van der Waals surface area contributed by atoms with Crippen LogP contribution in [0.1, 0.15) is 37.7 Å². The van der Waals surface area contributed by atoms with Gasteiger partial charge in [0.05, 0.1) is 13.3 Å². The average Bonchev–Trinajstić information content (AvgIpc) is 2.48. The minimum absolute atomic E-state index is 0.481. The van der Waals surface area contributed by atoms with Crippen LogP contribution in [0.15, 0.2) is 27.8 Å². The standard InChI is InChI=1S/C15H20BrN3OS/c1-20-14-8-7-12(16)9-11(14)10-17-19-15(21)18-13-5-3-2-4-6-13/h7-10,13H,2-6H2,1H3,(H2,18,19,21)/b17-10-. The molecule has 114 valence electrons. The van der Waals surface area contributed by atoms with E-state index in [0.717, 1.165) is 15.8 Å². The molecular weight excluding hydrogens is 350 g/mol. The van der Waals surface area contributed by atoms with Crippen molar-refractivity contribution in [3.8, 4) is 5.75 Å². The number of benzene rings is 1. The molecule has 1 fully saturated rings. The molecule has 0 atom stereocenters. The van der Waals surface area contributed by atoms with E-state index in [0.29, 0.717) is 11.2 Å². The predicted molar refractivity (Wildman–Crippen MR) is 94.0 cm³/mol. The zero-order chi connectivity index (χ0) is 15.1. The van der Waals surface area contributed by atoms with Gasteiger partial charge in [0.25, 0.3) is 0 Å². The molecule has 0 saturated heterocycles. The van der Waals surface area contributed by atoms with E-state index < -0.39 is 0 Å². The molecule has 1 aliphatic rings. The van der Waals surface area contributed by atoms with E-state index in [2.05, 4.69) is 31.8 Å². The predicted octanol–water partition coefficient (Wildman–Crippen LogP) is 3.59. The lowest BCUT2D eigenvalue weighted by molar-refractivity contribution is 0.412. The Morgan fingerprint density at radius 1 is 1.38 bits per heavy atom. The maximum Gasteiger partial charge on any atom is 0.187 e. The maximum atomic E-state index is 5.29. The number of hydrazone groups is 1. The lowest BCUT2D eigenvalue weighted by atomic mass is 9.96. The zero-order valence-electron chi connectivity index (χ0n) is 12.1. The molecule has 1 aliphatic carbocycles. The largest absolute Gasteiger partial charge is 0.496 e. The van der Waals surface area contributed by atoms with Crippen LogP contribution >= 0.6 is 28.1 Å². The first kappa shape index (κ1) is 16.2. The van der Waals surface area contributed by atoms with E-state index in [1.165, 1.54) is 32.1 Å². The summed E-state index contributed by atoms with van der Waals surface area (Å²) >= 11 is 8.70. The molecular formula is C15H20BrN3OS. The minimum Gasteiger partial charge on any atom is -0.496 e. The zero-order valence-corrected chi connectivity index (χ0v) is 14.5. The molecule has 4 nitrogen and oxygen atoms in total. The maximum absolute atomic E-state index is 5.29. The summed E-state index contributed by atoms with van der Waals surface area (Å²) in [6, 6.07) is 6.25. The Labute approximate surface area is 139 Å². The summed E-state index contributed by atoms with van der Waals surface area (Å²) in [5.74, 6) is 0.773. The van der Waals surface area contributed by atoms with Gasteiger partial charge in [-0.1, -0.05) is 35.2 Å². The number of nitrogens with zero attached hydrogens (tertiary/aromatic N) is 1. The quantitative estimate of drug-likeness (QED) is 0.483. The number of rotatable bonds is 4. The van der Waals surface area contributed by atoms with Crippen molar-refractivity contribution in [2.75, 3.05) is 7.11 Å². The van der Waals surface area contributed by atoms with Crippen molar-refractivity contribution in [2.24, 2.45) is 5.10 Å². The third-order valence-electron chi connectivity index (χ3n) is 3.50. The molecule has 0 heterocycles. The van der Waals surface area contributed by atoms with Crippen molar-refractivity contribution in [3.05, 3.63) is 28.2 Å². The van der Waals surface area contributed by atoms with Crippen molar-refractivity contribution in [1.29, 1.82) is 0 Å². The van der Waals surface area contributed by atoms with E-state index in [1.54, 1.807) is 13.3 Å². The van der Waals surface area contributed by atoms with Crippen LogP contribution < -0.4 is 15.5 Å². The van der Waals surface area contributed by atoms with Crippen LogP contribution in [0, 0.1) is 0 Å². The molecule has 0 radical (unpaired) electrons. The average molecular weight is 370 g/mol. The molecule has 1 aromatic rings. The monoisotopic (exact) mass is 369 g/mol. The smallest absolute Gasteiger partial charge is 0.187 e. The highest BCUT2D eigenvalue weighted by atomic mass is 79.9. The number of thiocarbonyl (C=S) groups is 1. The Kier molecular flexibility index (Phi) is 6.45. The third-order valence-corrected chi connectivity index (χ3v) is 4.20. The number of nitrogens with one attached hydrogen (secondary N) is 2. The Bertz CT molecular complexity index is 516. The minimum atomic E-state index is 0.481. The fourth-order valence-electron chi connectivity index (χ4n) is 2.43. The molecule has 0 aliphatic heterocycles. The van der Waals surface area contributed by atoms with Crippen LogP contribution in [0.2, 0.25) is 0 Å². The summed E-state index contributed by atoms with van der Waals surface area (Å²) in [5.41, 5.74) is 3.76. The van der Waals surface area contributed by atoms with Gasteiger partial charge in [0.2, 0.25) is 0 Å². The van der Waals surface area contributed by atoms with Crippen molar-refractivity contribution in [1.82, 2.24) is 10.7 Å². The SMILES string of the molecule is COc1ccc(Br)cc1/C=N\NC(=S)NC1CCCCC1. The molecule has 0 unspecified atom stereocenters. The van der Waals surface area contributed by atoms with Gasteiger partial charge >= 0.3 is 0 Å². The van der Waals surface area contributed by atoms with Crippen LogP contribution in [-0.4, -0.2) is 24.5 Å². The first-order valence-corrected chi connectivity index (χ1v) is 8.32. The molecule has 2 rings (SSSR count). The van der Waals surface area contributed by atoms with Crippen LogP contribution in [0.5, 0.6) is 5.75 Å². The molecule has 1 aromatic carbocycles. The Morgan fingerprint density at radius 3 is 2.86 bits per heavy atom. The Balaban J connectivity index is 1.86. The second-order valence-corrected chi connectivity index (χ2v) is 6.39. The first-order chi connectivity index (χ1) is 10.2. The van der Waals surface area contributed by atoms with E-state index in [9.17, 15) is 0 Å². The second-order valence-electron chi connectivity index (χ2n) is 5.06.